The Morgan fingerprint density at radius 3 is 2.81 bits per heavy atom. The Morgan fingerprint density at radius 1 is 1.33 bits per heavy atom. The Hall–Kier alpha value is -2.33. The fourth-order valence-corrected chi connectivity index (χ4v) is 5.09. The quantitative estimate of drug-likeness (QED) is 0.820. The third-order valence-corrected chi connectivity index (χ3v) is 6.65. The fraction of sp³-hybridized carbons (Fsp3) is 0.286. The molecule has 2 N–H and O–H groups in total. The van der Waals surface area contributed by atoms with E-state index in [0.29, 0.717) is 11.6 Å². The van der Waals surface area contributed by atoms with Crippen LogP contribution in [0, 0.1) is 11.3 Å². The summed E-state index contributed by atoms with van der Waals surface area (Å²) in [5, 5.41) is 16.0. The van der Waals surface area contributed by atoms with Gasteiger partial charge in [-0.25, -0.2) is 0 Å². The molecule has 4 rings (SSSR count). The van der Waals surface area contributed by atoms with Crippen LogP contribution in [0.25, 0.3) is 6.08 Å². The number of hydrogen-bond donors (Lipinski definition) is 1. The van der Waals surface area contributed by atoms with Crippen LogP contribution in [0.3, 0.4) is 0 Å². The Balaban J connectivity index is 1.87. The minimum absolute atomic E-state index is 0.133. The third kappa shape index (κ3) is 3.34. The summed E-state index contributed by atoms with van der Waals surface area (Å²) in [6, 6.07) is 8.89. The number of nitriles is 1. The number of ether oxygens (including phenoxy) is 1. The molecule has 0 bridgehead atoms. The van der Waals surface area contributed by atoms with Gasteiger partial charge in [0.15, 0.2) is 0 Å². The minimum Gasteiger partial charge on any atom is -0.440 e. The zero-order valence-corrected chi connectivity index (χ0v) is 16.9. The number of rotatable bonds is 3. The summed E-state index contributed by atoms with van der Waals surface area (Å²) >= 11 is 3.33. The van der Waals surface area contributed by atoms with Crippen LogP contribution in [0.5, 0.6) is 0 Å². The molecule has 0 aromatic carbocycles. The second kappa shape index (κ2) is 7.35. The highest BCUT2D eigenvalue weighted by molar-refractivity contribution is 7.10. The molecule has 2 aromatic rings. The molecule has 0 saturated carbocycles. The monoisotopic (exact) mass is 395 g/mol. The summed E-state index contributed by atoms with van der Waals surface area (Å²) < 4.78 is 6.04. The molecule has 1 atom stereocenters. The van der Waals surface area contributed by atoms with Crippen molar-refractivity contribution in [2.45, 2.75) is 25.8 Å². The summed E-state index contributed by atoms with van der Waals surface area (Å²) in [4.78, 5) is 3.54. The first-order valence-corrected chi connectivity index (χ1v) is 10.7. The molecular formula is C21H21N3OS2. The molecule has 27 heavy (non-hydrogen) atoms. The van der Waals surface area contributed by atoms with Gasteiger partial charge in [0.05, 0.1) is 5.92 Å². The summed E-state index contributed by atoms with van der Waals surface area (Å²) in [6.07, 6.45) is 2.18. The van der Waals surface area contributed by atoms with Gasteiger partial charge in [0.25, 0.3) is 0 Å². The fourth-order valence-electron chi connectivity index (χ4n) is 3.60. The largest absolute Gasteiger partial charge is 0.440 e. The van der Waals surface area contributed by atoms with Crippen LogP contribution in [0.15, 0.2) is 62.7 Å². The molecule has 2 aliphatic rings. The van der Waals surface area contributed by atoms with Crippen molar-refractivity contribution in [3.05, 3.63) is 73.1 Å². The van der Waals surface area contributed by atoms with Gasteiger partial charge in [0, 0.05) is 35.2 Å². The maximum Gasteiger partial charge on any atom is 0.205 e. The minimum atomic E-state index is -0.133. The molecule has 0 aliphatic carbocycles. The number of hydrogen-bond acceptors (Lipinski definition) is 6. The van der Waals surface area contributed by atoms with Crippen molar-refractivity contribution in [2.24, 2.45) is 5.73 Å². The average Bonchev–Trinajstić information content (AvgIpc) is 3.34. The molecule has 1 unspecified atom stereocenters. The standard InChI is InChI=1S/C21H21N3OS2/c1-13(2)24-10-15(8-14-5-7-26-12-14)20-17(11-24)19(18-4-3-6-27-18)16(9-22)21(23)25-20/h3-8,12-13,19H,10-11,23H2,1-2H3/b15-8+. The summed E-state index contributed by atoms with van der Waals surface area (Å²) in [5.41, 5.74) is 10.1. The van der Waals surface area contributed by atoms with Crippen molar-refractivity contribution >= 4 is 28.7 Å². The average molecular weight is 396 g/mol. The molecule has 138 valence electrons. The molecule has 0 saturated heterocycles. The molecule has 4 heterocycles. The predicted octanol–water partition coefficient (Wildman–Crippen LogP) is 4.68. The van der Waals surface area contributed by atoms with E-state index in [0.717, 1.165) is 40.4 Å². The van der Waals surface area contributed by atoms with Crippen molar-refractivity contribution in [3.8, 4) is 6.07 Å². The SMILES string of the molecule is CC(C)N1CC2=C(OC(N)=C(C#N)C2c2cccs2)/C(=C/c2ccsc2)C1. The molecule has 4 nitrogen and oxygen atoms in total. The Bertz CT molecular complexity index is 960. The lowest BCUT2D eigenvalue weighted by molar-refractivity contribution is 0.208. The van der Waals surface area contributed by atoms with Gasteiger partial charge >= 0.3 is 0 Å². The van der Waals surface area contributed by atoms with E-state index in [1.165, 1.54) is 0 Å². The van der Waals surface area contributed by atoms with Gasteiger partial charge in [-0.15, -0.1) is 11.3 Å². The van der Waals surface area contributed by atoms with E-state index in [2.05, 4.69) is 53.8 Å². The predicted molar refractivity (Wildman–Crippen MR) is 111 cm³/mol. The normalized spacial score (nSPS) is 22.1. The van der Waals surface area contributed by atoms with E-state index in [9.17, 15) is 5.26 Å². The first-order valence-electron chi connectivity index (χ1n) is 8.89. The van der Waals surface area contributed by atoms with Crippen LogP contribution in [0.4, 0.5) is 0 Å². The van der Waals surface area contributed by atoms with E-state index in [1.807, 2.05) is 11.4 Å². The lowest BCUT2D eigenvalue weighted by Crippen LogP contribution is -2.41. The highest BCUT2D eigenvalue weighted by Gasteiger charge is 2.38. The van der Waals surface area contributed by atoms with Gasteiger partial charge in [0.1, 0.15) is 17.4 Å². The van der Waals surface area contributed by atoms with Gasteiger partial charge in [-0.05, 0) is 53.8 Å². The number of nitrogens with two attached hydrogens (primary N) is 1. The van der Waals surface area contributed by atoms with Crippen LogP contribution in [-0.4, -0.2) is 24.0 Å². The lowest BCUT2D eigenvalue weighted by Gasteiger charge is -2.39. The van der Waals surface area contributed by atoms with Crippen molar-refractivity contribution < 1.29 is 4.74 Å². The first-order chi connectivity index (χ1) is 13.1. The van der Waals surface area contributed by atoms with Crippen LogP contribution in [0.1, 0.15) is 30.2 Å². The topological polar surface area (TPSA) is 62.3 Å². The highest BCUT2D eigenvalue weighted by atomic mass is 32.1. The van der Waals surface area contributed by atoms with Gasteiger partial charge in [-0.1, -0.05) is 6.07 Å². The molecule has 0 radical (unpaired) electrons. The van der Waals surface area contributed by atoms with Gasteiger partial charge in [-0.3, -0.25) is 4.90 Å². The first kappa shape index (κ1) is 18.1. The lowest BCUT2D eigenvalue weighted by atomic mass is 9.83. The van der Waals surface area contributed by atoms with E-state index in [4.69, 9.17) is 10.5 Å². The Labute approximate surface area is 167 Å². The van der Waals surface area contributed by atoms with E-state index >= 15 is 0 Å². The summed E-state index contributed by atoms with van der Waals surface area (Å²) in [6.45, 7) is 5.98. The highest BCUT2D eigenvalue weighted by Crippen LogP contribution is 2.45. The van der Waals surface area contributed by atoms with Crippen molar-refractivity contribution in [1.82, 2.24) is 4.90 Å². The van der Waals surface area contributed by atoms with Gasteiger partial charge in [0.2, 0.25) is 5.88 Å². The van der Waals surface area contributed by atoms with Gasteiger partial charge < -0.3 is 10.5 Å². The maximum atomic E-state index is 9.76. The Kier molecular flexibility index (Phi) is 4.92. The molecule has 0 spiro atoms. The van der Waals surface area contributed by atoms with Crippen LogP contribution >= 0.6 is 22.7 Å². The third-order valence-electron chi connectivity index (χ3n) is 5.01. The van der Waals surface area contributed by atoms with Crippen LogP contribution in [0.2, 0.25) is 0 Å². The number of thiophene rings is 2. The molecule has 6 heteroatoms. The molecular weight excluding hydrogens is 374 g/mol. The van der Waals surface area contributed by atoms with Crippen LogP contribution < -0.4 is 5.73 Å². The molecule has 2 aromatic heterocycles. The molecule has 0 amide bonds. The van der Waals surface area contributed by atoms with Crippen molar-refractivity contribution in [2.75, 3.05) is 13.1 Å². The Morgan fingerprint density at radius 2 is 2.19 bits per heavy atom. The van der Waals surface area contributed by atoms with Gasteiger partial charge in [-0.2, -0.15) is 16.6 Å². The second-order valence-corrected chi connectivity index (χ2v) is 8.78. The second-order valence-electron chi connectivity index (χ2n) is 7.02. The summed E-state index contributed by atoms with van der Waals surface area (Å²) in [7, 11) is 0. The van der Waals surface area contributed by atoms with E-state index < -0.39 is 0 Å². The number of allylic oxidation sites excluding steroid dienone is 1. The van der Waals surface area contributed by atoms with E-state index in [-0.39, 0.29) is 11.8 Å². The van der Waals surface area contributed by atoms with E-state index in [1.54, 1.807) is 22.7 Å². The molecule has 0 fully saturated rings. The smallest absolute Gasteiger partial charge is 0.205 e. The van der Waals surface area contributed by atoms with Crippen LogP contribution in [-0.2, 0) is 4.74 Å². The van der Waals surface area contributed by atoms with Crippen molar-refractivity contribution in [1.29, 1.82) is 5.26 Å². The summed E-state index contributed by atoms with van der Waals surface area (Å²) in [5.74, 6) is 0.933. The zero-order chi connectivity index (χ0) is 19.0. The number of nitrogens with zero attached hydrogens (tertiary/aromatic N) is 2. The maximum absolute atomic E-state index is 9.76. The molecule has 2 aliphatic heterocycles. The zero-order valence-electron chi connectivity index (χ0n) is 15.3. The van der Waals surface area contributed by atoms with Crippen molar-refractivity contribution in [3.63, 3.8) is 0 Å².